The van der Waals surface area contributed by atoms with Gasteiger partial charge in [-0.1, -0.05) is 33.6 Å². The molecule has 0 N–H and O–H groups in total. The van der Waals surface area contributed by atoms with Crippen LogP contribution < -0.4 is 0 Å². The van der Waals surface area contributed by atoms with E-state index in [0.717, 1.165) is 5.92 Å². The lowest BCUT2D eigenvalue weighted by Gasteiger charge is -2.21. The number of methoxy groups -OCH3 is 2. The van der Waals surface area contributed by atoms with Gasteiger partial charge in [-0.25, -0.2) is 0 Å². The molecule has 0 saturated carbocycles. The van der Waals surface area contributed by atoms with Crippen molar-refractivity contribution in [3.05, 3.63) is 0 Å². The minimum absolute atomic E-state index is 0.0350. The molecule has 0 bridgehead atoms. The van der Waals surface area contributed by atoms with Crippen LogP contribution in [0.25, 0.3) is 0 Å². The van der Waals surface area contributed by atoms with E-state index in [4.69, 9.17) is 9.47 Å². The molecule has 0 amide bonds. The van der Waals surface area contributed by atoms with Crippen LogP contribution in [0.3, 0.4) is 0 Å². The normalized spacial score (nSPS) is 14.1. The van der Waals surface area contributed by atoms with E-state index in [-0.39, 0.29) is 6.29 Å². The molecule has 0 radical (unpaired) electrons. The van der Waals surface area contributed by atoms with E-state index < -0.39 is 0 Å². The molecule has 0 aromatic heterocycles. The zero-order valence-corrected chi connectivity index (χ0v) is 9.67. The summed E-state index contributed by atoms with van der Waals surface area (Å²) in [6, 6.07) is 0. The highest BCUT2D eigenvalue weighted by atomic mass is 16.7. The van der Waals surface area contributed by atoms with Gasteiger partial charge in [-0.05, 0) is 12.3 Å². The Labute approximate surface area is 82.6 Å². The summed E-state index contributed by atoms with van der Waals surface area (Å²) in [5, 5.41) is 0. The quantitative estimate of drug-likeness (QED) is 0.572. The number of rotatable bonds is 7. The highest BCUT2D eigenvalue weighted by Gasteiger charge is 2.14. The molecule has 1 unspecified atom stereocenters. The van der Waals surface area contributed by atoms with Crippen molar-refractivity contribution in [3.8, 4) is 0 Å². The molecule has 0 aromatic carbocycles. The molecule has 0 fully saturated rings. The highest BCUT2D eigenvalue weighted by molar-refractivity contribution is 4.58. The van der Waals surface area contributed by atoms with Crippen LogP contribution in [0.5, 0.6) is 0 Å². The maximum absolute atomic E-state index is 5.20. The summed E-state index contributed by atoms with van der Waals surface area (Å²) in [4.78, 5) is 0. The van der Waals surface area contributed by atoms with Crippen LogP contribution in [0.2, 0.25) is 0 Å². The molecule has 80 valence electrons. The van der Waals surface area contributed by atoms with E-state index in [9.17, 15) is 0 Å². The Morgan fingerprint density at radius 2 is 1.46 bits per heavy atom. The third kappa shape index (κ3) is 6.05. The van der Waals surface area contributed by atoms with Crippen LogP contribution in [-0.4, -0.2) is 20.5 Å². The molecule has 1 atom stereocenters. The van der Waals surface area contributed by atoms with Crippen LogP contribution >= 0.6 is 0 Å². The zero-order chi connectivity index (χ0) is 10.3. The largest absolute Gasteiger partial charge is 0.356 e. The van der Waals surface area contributed by atoms with Gasteiger partial charge in [0.25, 0.3) is 0 Å². The van der Waals surface area contributed by atoms with Crippen LogP contribution in [0.1, 0.15) is 40.0 Å². The molecular formula is C11H24O2. The fourth-order valence-electron chi connectivity index (χ4n) is 1.54. The Hall–Kier alpha value is -0.0800. The molecule has 2 heteroatoms. The summed E-state index contributed by atoms with van der Waals surface area (Å²) >= 11 is 0. The first-order chi connectivity index (χ1) is 6.11. The van der Waals surface area contributed by atoms with Crippen molar-refractivity contribution >= 4 is 0 Å². The second-order valence-electron chi connectivity index (χ2n) is 4.14. The molecule has 0 aliphatic heterocycles. The first-order valence-electron chi connectivity index (χ1n) is 5.17. The van der Waals surface area contributed by atoms with E-state index >= 15 is 0 Å². The van der Waals surface area contributed by atoms with Crippen molar-refractivity contribution in [2.45, 2.75) is 46.3 Å². The maximum atomic E-state index is 5.20. The van der Waals surface area contributed by atoms with Gasteiger partial charge in [0.15, 0.2) is 6.29 Å². The summed E-state index contributed by atoms with van der Waals surface area (Å²) < 4.78 is 10.4. The van der Waals surface area contributed by atoms with Gasteiger partial charge in [-0.3, -0.25) is 0 Å². The summed E-state index contributed by atoms with van der Waals surface area (Å²) in [5.41, 5.74) is 0. The fraction of sp³-hybridized carbons (Fsp3) is 1.00. The smallest absolute Gasteiger partial charge is 0.159 e. The maximum Gasteiger partial charge on any atom is 0.159 e. The number of ether oxygens (including phenoxy) is 2. The lowest BCUT2D eigenvalue weighted by molar-refractivity contribution is -0.134. The van der Waals surface area contributed by atoms with Crippen molar-refractivity contribution in [1.82, 2.24) is 0 Å². The average Bonchev–Trinajstić information content (AvgIpc) is 2.05. The number of hydrogen-bond acceptors (Lipinski definition) is 2. The third-order valence-electron chi connectivity index (χ3n) is 2.37. The highest BCUT2D eigenvalue weighted by Crippen LogP contribution is 2.17. The SMILES string of the molecule is COC(OC)C(C)CCCC(C)C. The molecular weight excluding hydrogens is 164 g/mol. The van der Waals surface area contributed by atoms with E-state index in [1.165, 1.54) is 19.3 Å². The molecule has 0 aliphatic carbocycles. The molecule has 0 aliphatic rings. The lowest BCUT2D eigenvalue weighted by Crippen LogP contribution is -2.22. The van der Waals surface area contributed by atoms with Gasteiger partial charge in [-0.15, -0.1) is 0 Å². The summed E-state index contributed by atoms with van der Waals surface area (Å²) in [7, 11) is 3.40. The van der Waals surface area contributed by atoms with E-state index in [1.54, 1.807) is 14.2 Å². The Morgan fingerprint density at radius 1 is 0.923 bits per heavy atom. The monoisotopic (exact) mass is 188 g/mol. The Kier molecular flexibility index (Phi) is 7.29. The average molecular weight is 188 g/mol. The van der Waals surface area contributed by atoms with Gasteiger partial charge in [0, 0.05) is 20.1 Å². The predicted molar refractivity (Wildman–Crippen MR) is 55.7 cm³/mol. The van der Waals surface area contributed by atoms with Gasteiger partial charge in [-0.2, -0.15) is 0 Å². The van der Waals surface area contributed by atoms with Gasteiger partial charge < -0.3 is 9.47 Å². The summed E-state index contributed by atoms with van der Waals surface area (Å²) in [5.74, 6) is 1.30. The molecule has 13 heavy (non-hydrogen) atoms. The molecule has 0 saturated heterocycles. The van der Waals surface area contributed by atoms with Crippen molar-refractivity contribution < 1.29 is 9.47 Å². The Morgan fingerprint density at radius 3 is 1.85 bits per heavy atom. The first-order valence-corrected chi connectivity index (χ1v) is 5.17. The van der Waals surface area contributed by atoms with E-state index in [0.29, 0.717) is 5.92 Å². The van der Waals surface area contributed by atoms with E-state index in [1.807, 2.05) is 0 Å². The van der Waals surface area contributed by atoms with Crippen LogP contribution in [0, 0.1) is 11.8 Å². The minimum Gasteiger partial charge on any atom is -0.356 e. The van der Waals surface area contributed by atoms with Crippen molar-refractivity contribution in [3.63, 3.8) is 0 Å². The van der Waals surface area contributed by atoms with Gasteiger partial charge in [0.05, 0.1) is 0 Å². The predicted octanol–water partition coefficient (Wildman–Crippen LogP) is 3.07. The van der Waals surface area contributed by atoms with Crippen LogP contribution in [-0.2, 0) is 9.47 Å². The number of hydrogen-bond donors (Lipinski definition) is 0. The van der Waals surface area contributed by atoms with Crippen LogP contribution in [0.4, 0.5) is 0 Å². The van der Waals surface area contributed by atoms with E-state index in [2.05, 4.69) is 20.8 Å². The molecule has 0 heterocycles. The standard InChI is InChI=1S/C11H24O2/c1-9(2)7-6-8-10(3)11(12-4)13-5/h9-11H,6-8H2,1-5H3. The van der Waals surface area contributed by atoms with Crippen LogP contribution in [0.15, 0.2) is 0 Å². The molecule has 0 rings (SSSR count). The van der Waals surface area contributed by atoms with Gasteiger partial charge >= 0.3 is 0 Å². The molecule has 0 aromatic rings. The zero-order valence-electron chi connectivity index (χ0n) is 9.67. The Balaban J connectivity index is 3.53. The van der Waals surface area contributed by atoms with Crippen molar-refractivity contribution in [2.24, 2.45) is 11.8 Å². The summed E-state index contributed by atoms with van der Waals surface area (Å²) in [6.45, 7) is 6.70. The second-order valence-corrected chi connectivity index (χ2v) is 4.14. The molecule has 2 nitrogen and oxygen atoms in total. The Bertz CT molecular complexity index is 109. The van der Waals surface area contributed by atoms with Crippen molar-refractivity contribution in [1.29, 1.82) is 0 Å². The second kappa shape index (κ2) is 7.34. The van der Waals surface area contributed by atoms with Gasteiger partial charge in [0.1, 0.15) is 0 Å². The summed E-state index contributed by atoms with van der Waals surface area (Å²) in [6.07, 6.45) is 3.71. The third-order valence-corrected chi connectivity index (χ3v) is 2.37. The fourth-order valence-corrected chi connectivity index (χ4v) is 1.54. The van der Waals surface area contributed by atoms with Crippen molar-refractivity contribution in [2.75, 3.05) is 14.2 Å². The topological polar surface area (TPSA) is 18.5 Å². The molecule has 0 spiro atoms. The lowest BCUT2D eigenvalue weighted by atomic mass is 9.99. The minimum atomic E-state index is -0.0350. The van der Waals surface area contributed by atoms with Gasteiger partial charge in [0.2, 0.25) is 0 Å². The first kappa shape index (κ1) is 12.9.